The summed E-state index contributed by atoms with van der Waals surface area (Å²) < 4.78 is 30.4. The Morgan fingerprint density at radius 1 is 1.26 bits per heavy atom. The molecule has 0 aliphatic rings. The third-order valence-electron chi connectivity index (χ3n) is 2.65. The van der Waals surface area contributed by atoms with Crippen molar-refractivity contribution in [3.05, 3.63) is 30.0 Å². The average Bonchev–Trinajstić information content (AvgIpc) is 2.66. The number of benzene rings is 1. The predicted molar refractivity (Wildman–Crippen MR) is 79.0 cm³/mol. The van der Waals surface area contributed by atoms with Crippen molar-refractivity contribution in [3.63, 3.8) is 0 Å². The molecule has 0 bridgehead atoms. The van der Waals surface area contributed by atoms with Gasteiger partial charge in [-0.1, -0.05) is 13.3 Å². The maximum atomic E-state index is 11.1. The number of furan rings is 1. The van der Waals surface area contributed by atoms with Crippen molar-refractivity contribution in [3.8, 4) is 0 Å². The van der Waals surface area contributed by atoms with E-state index >= 15 is 0 Å². The van der Waals surface area contributed by atoms with E-state index in [1.807, 2.05) is 6.07 Å². The molecule has 1 radical (unpaired) electrons. The van der Waals surface area contributed by atoms with Gasteiger partial charge >= 0.3 is 0 Å². The van der Waals surface area contributed by atoms with Gasteiger partial charge in [-0.05, 0) is 30.7 Å². The van der Waals surface area contributed by atoms with E-state index in [9.17, 15) is 8.42 Å². The number of hydrogen-bond acceptors (Lipinski definition) is 3. The van der Waals surface area contributed by atoms with Gasteiger partial charge in [0.1, 0.15) is 11.3 Å². The predicted octanol–water partition coefficient (Wildman–Crippen LogP) is 2.77. The van der Waals surface area contributed by atoms with Crippen molar-refractivity contribution >= 4 is 78.1 Å². The van der Waals surface area contributed by atoms with Gasteiger partial charge in [-0.25, -0.2) is 8.42 Å². The van der Waals surface area contributed by atoms with E-state index in [0.29, 0.717) is 5.69 Å². The zero-order valence-corrected chi connectivity index (χ0v) is 15.5. The summed E-state index contributed by atoms with van der Waals surface area (Å²) >= 11 is 0. The van der Waals surface area contributed by atoms with Crippen LogP contribution in [0.15, 0.2) is 28.7 Å². The summed E-state index contributed by atoms with van der Waals surface area (Å²) in [7, 11) is -3.23. The minimum Gasteiger partial charge on any atom is -0.461 e. The standard InChI is InChI=1S/C13H17NO3S.K/c1-3-4-5-12-9-10-8-11(14-18(2,15)16)6-7-13(10)17-12;/h6-9,14H,3-5H2,1-2H3;. The van der Waals surface area contributed by atoms with Gasteiger partial charge in [0.15, 0.2) is 0 Å². The van der Waals surface area contributed by atoms with Gasteiger partial charge in [0.05, 0.1) is 6.26 Å². The molecule has 0 atom stereocenters. The van der Waals surface area contributed by atoms with Crippen LogP contribution in [0.4, 0.5) is 5.69 Å². The molecular weight excluding hydrogens is 289 g/mol. The van der Waals surface area contributed by atoms with Crippen LogP contribution in [0.3, 0.4) is 0 Å². The van der Waals surface area contributed by atoms with Gasteiger partial charge in [-0.2, -0.15) is 0 Å². The summed E-state index contributed by atoms with van der Waals surface area (Å²) in [6.07, 6.45) is 4.27. The topological polar surface area (TPSA) is 59.3 Å². The maximum absolute atomic E-state index is 11.1. The molecule has 0 unspecified atom stereocenters. The molecule has 1 heterocycles. The summed E-state index contributed by atoms with van der Waals surface area (Å²) in [5.41, 5.74) is 1.35. The largest absolute Gasteiger partial charge is 0.461 e. The fourth-order valence-electron chi connectivity index (χ4n) is 1.85. The van der Waals surface area contributed by atoms with Crippen LogP contribution >= 0.6 is 0 Å². The van der Waals surface area contributed by atoms with Gasteiger partial charge < -0.3 is 4.42 Å². The van der Waals surface area contributed by atoms with Crippen molar-refractivity contribution in [1.82, 2.24) is 0 Å². The number of anilines is 1. The molecule has 0 fully saturated rings. The monoisotopic (exact) mass is 306 g/mol. The Morgan fingerprint density at radius 3 is 2.63 bits per heavy atom. The molecule has 99 valence electrons. The molecule has 1 aromatic carbocycles. The minimum atomic E-state index is -3.23. The Bertz CT molecular complexity index is 649. The molecule has 0 aliphatic heterocycles. The summed E-state index contributed by atoms with van der Waals surface area (Å²) in [4.78, 5) is 0. The van der Waals surface area contributed by atoms with Gasteiger partial charge in [-0.3, -0.25) is 4.72 Å². The van der Waals surface area contributed by atoms with Crippen LogP contribution in [0, 0.1) is 0 Å². The first-order chi connectivity index (χ1) is 8.48. The first kappa shape index (κ1) is 17.2. The Morgan fingerprint density at radius 2 is 2.00 bits per heavy atom. The molecule has 0 spiro atoms. The molecule has 4 nitrogen and oxygen atoms in total. The van der Waals surface area contributed by atoms with E-state index in [4.69, 9.17) is 4.42 Å². The molecular formula is C13H17KNO3S. The SMILES string of the molecule is CCCCc1cc2cc(NS(C)(=O)=O)ccc2o1.[K]. The van der Waals surface area contributed by atoms with Crippen LogP contribution in [0.1, 0.15) is 25.5 Å². The molecule has 2 aromatic rings. The van der Waals surface area contributed by atoms with Gasteiger partial charge in [0.25, 0.3) is 0 Å². The maximum Gasteiger partial charge on any atom is 0.229 e. The first-order valence-corrected chi connectivity index (χ1v) is 7.87. The zero-order valence-electron chi connectivity index (χ0n) is 11.6. The van der Waals surface area contributed by atoms with E-state index in [1.54, 1.807) is 18.2 Å². The van der Waals surface area contributed by atoms with E-state index < -0.39 is 10.0 Å². The number of sulfonamides is 1. The zero-order chi connectivity index (χ0) is 13.2. The molecule has 1 aromatic heterocycles. The molecule has 6 heteroatoms. The fraction of sp³-hybridized carbons (Fsp3) is 0.385. The molecule has 2 rings (SSSR count). The number of hydrogen-bond donors (Lipinski definition) is 1. The number of rotatable bonds is 5. The molecule has 19 heavy (non-hydrogen) atoms. The summed E-state index contributed by atoms with van der Waals surface area (Å²) in [6.45, 7) is 2.14. The van der Waals surface area contributed by atoms with Gasteiger partial charge in [-0.15, -0.1) is 0 Å². The van der Waals surface area contributed by atoms with Gasteiger partial charge in [0, 0.05) is 68.9 Å². The Hall–Kier alpha value is 0.146. The second kappa shape index (κ2) is 7.24. The Balaban J connectivity index is 0.00000180. The summed E-state index contributed by atoms with van der Waals surface area (Å²) in [5, 5.41) is 0.926. The van der Waals surface area contributed by atoms with Crippen LogP contribution in [0.5, 0.6) is 0 Å². The normalized spacial score (nSPS) is 11.3. The summed E-state index contributed by atoms with van der Waals surface area (Å²) in [6, 6.07) is 7.25. The van der Waals surface area contributed by atoms with Crippen LogP contribution < -0.4 is 4.72 Å². The van der Waals surface area contributed by atoms with Crippen molar-refractivity contribution in [2.24, 2.45) is 0 Å². The van der Waals surface area contributed by atoms with Crippen LogP contribution in [-0.4, -0.2) is 66.1 Å². The van der Waals surface area contributed by atoms with Crippen molar-refractivity contribution < 1.29 is 12.8 Å². The van der Waals surface area contributed by atoms with Crippen LogP contribution in [0.2, 0.25) is 0 Å². The minimum absolute atomic E-state index is 0. The van der Waals surface area contributed by atoms with Crippen molar-refractivity contribution in [2.45, 2.75) is 26.2 Å². The second-order valence-corrected chi connectivity index (χ2v) is 6.19. The first-order valence-electron chi connectivity index (χ1n) is 5.98. The number of aryl methyl sites for hydroxylation is 1. The molecule has 0 saturated heterocycles. The average molecular weight is 306 g/mol. The third kappa shape index (κ3) is 5.21. The Kier molecular flexibility index (Phi) is 6.55. The number of unbranched alkanes of at least 4 members (excludes halogenated alkanes) is 1. The number of nitrogens with one attached hydrogen (secondary N) is 1. The van der Waals surface area contributed by atoms with Crippen LogP contribution in [0.25, 0.3) is 11.0 Å². The quantitative estimate of drug-likeness (QED) is 0.864. The van der Waals surface area contributed by atoms with E-state index in [-0.39, 0.29) is 51.4 Å². The van der Waals surface area contributed by atoms with E-state index in [0.717, 1.165) is 42.2 Å². The molecule has 0 saturated carbocycles. The Labute approximate surface area is 156 Å². The smallest absolute Gasteiger partial charge is 0.229 e. The number of fused-ring (bicyclic) bond motifs is 1. The molecule has 0 aliphatic carbocycles. The van der Waals surface area contributed by atoms with Crippen molar-refractivity contribution in [1.29, 1.82) is 0 Å². The van der Waals surface area contributed by atoms with Crippen molar-refractivity contribution in [2.75, 3.05) is 11.0 Å². The molecule has 1 N–H and O–H groups in total. The molecule has 0 amide bonds. The van der Waals surface area contributed by atoms with Crippen LogP contribution in [-0.2, 0) is 16.4 Å². The van der Waals surface area contributed by atoms with E-state index in [1.165, 1.54) is 0 Å². The fourth-order valence-corrected chi connectivity index (χ4v) is 2.41. The third-order valence-corrected chi connectivity index (χ3v) is 3.25. The second-order valence-electron chi connectivity index (χ2n) is 4.44. The summed E-state index contributed by atoms with van der Waals surface area (Å²) in [5.74, 6) is 0.948. The van der Waals surface area contributed by atoms with E-state index in [2.05, 4.69) is 11.6 Å². The van der Waals surface area contributed by atoms with Gasteiger partial charge in [0.2, 0.25) is 10.0 Å².